The van der Waals surface area contributed by atoms with Crippen LogP contribution in [-0.4, -0.2) is 4.57 Å². The maximum absolute atomic E-state index is 4.52. The normalized spacial score (nSPS) is 14.8. The van der Waals surface area contributed by atoms with Crippen molar-refractivity contribution in [1.82, 2.24) is 4.57 Å². The topological polar surface area (TPSA) is 8.17 Å². The molecule has 59 heavy (non-hydrogen) atoms. The average Bonchev–Trinajstić information content (AvgIpc) is 3.81. The summed E-state index contributed by atoms with van der Waals surface area (Å²) in [6, 6.07) is 66.3. The molecule has 0 saturated heterocycles. The van der Waals surface area contributed by atoms with E-state index in [-0.39, 0.29) is 0 Å². The summed E-state index contributed by atoms with van der Waals surface area (Å²) in [7, 11) is 0. The Hall–Kier alpha value is -7.68. The van der Waals surface area contributed by atoms with Crippen molar-refractivity contribution in [2.75, 3.05) is 4.90 Å². The second kappa shape index (κ2) is 14.1. The van der Waals surface area contributed by atoms with E-state index in [1.807, 2.05) is 0 Å². The molecule has 1 aliphatic heterocycles. The van der Waals surface area contributed by atoms with Crippen LogP contribution in [-0.2, 0) is 0 Å². The van der Waals surface area contributed by atoms with E-state index in [1.54, 1.807) is 0 Å². The second-order valence-corrected chi connectivity index (χ2v) is 15.4. The van der Waals surface area contributed by atoms with Crippen molar-refractivity contribution >= 4 is 44.3 Å². The van der Waals surface area contributed by atoms with Crippen LogP contribution in [0.3, 0.4) is 0 Å². The lowest BCUT2D eigenvalue weighted by Crippen LogP contribution is -2.11. The molecule has 0 amide bonds. The first-order valence-corrected chi connectivity index (χ1v) is 20.3. The first-order valence-electron chi connectivity index (χ1n) is 20.3. The first kappa shape index (κ1) is 34.6. The molecule has 2 aliphatic rings. The molecule has 2 nitrogen and oxygen atoms in total. The van der Waals surface area contributed by atoms with Gasteiger partial charge in [-0.05, 0) is 134 Å². The van der Waals surface area contributed by atoms with Crippen LogP contribution < -0.4 is 4.90 Å². The van der Waals surface area contributed by atoms with Crippen molar-refractivity contribution in [3.63, 3.8) is 0 Å². The maximum atomic E-state index is 4.52. The molecule has 278 valence electrons. The smallest absolute Gasteiger partial charge is 0.0541 e. The summed E-state index contributed by atoms with van der Waals surface area (Å²) in [5.41, 5.74) is 21.5. The predicted octanol–water partition coefficient (Wildman–Crippen LogP) is 15.5. The Labute approximate surface area is 345 Å². The van der Waals surface area contributed by atoms with Crippen molar-refractivity contribution < 1.29 is 0 Å². The summed E-state index contributed by atoms with van der Waals surface area (Å²) in [6.07, 6.45) is 10.7. The van der Waals surface area contributed by atoms with E-state index >= 15 is 0 Å². The molecule has 0 atom stereocenters. The van der Waals surface area contributed by atoms with Crippen LogP contribution in [0.5, 0.6) is 0 Å². The number of rotatable bonds is 5. The molecule has 0 unspecified atom stereocenters. The fourth-order valence-electron chi connectivity index (χ4n) is 9.27. The number of hydrogen-bond acceptors (Lipinski definition) is 1. The van der Waals surface area contributed by atoms with Gasteiger partial charge in [0.1, 0.15) is 0 Å². The lowest BCUT2D eigenvalue weighted by molar-refractivity contribution is 1.18. The largest absolute Gasteiger partial charge is 0.317 e. The minimum Gasteiger partial charge on any atom is -0.317 e. The molecule has 0 saturated carbocycles. The Balaban J connectivity index is 0.974. The van der Waals surface area contributed by atoms with Crippen molar-refractivity contribution in [2.45, 2.75) is 6.92 Å². The summed E-state index contributed by atoms with van der Waals surface area (Å²) < 4.78 is 2.40. The Morgan fingerprint density at radius 3 is 1.97 bits per heavy atom. The van der Waals surface area contributed by atoms with E-state index in [9.17, 15) is 0 Å². The number of anilines is 2. The molecular formula is C57H40N2. The lowest BCUT2D eigenvalue weighted by atomic mass is 9.93. The number of fused-ring (bicyclic) bond motifs is 7. The minimum atomic E-state index is 0.975. The third-order valence-corrected chi connectivity index (χ3v) is 12.0. The molecule has 0 bridgehead atoms. The van der Waals surface area contributed by atoms with Gasteiger partial charge in [0, 0.05) is 33.9 Å². The van der Waals surface area contributed by atoms with Crippen LogP contribution in [0.4, 0.5) is 11.4 Å². The van der Waals surface area contributed by atoms with Gasteiger partial charge in [0.25, 0.3) is 0 Å². The van der Waals surface area contributed by atoms with Crippen LogP contribution in [0, 0.1) is 0 Å². The molecule has 1 aromatic heterocycles. The summed E-state index contributed by atoms with van der Waals surface area (Å²) in [5.74, 6) is 0. The van der Waals surface area contributed by atoms with Crippen LogP contribution >= 0.6 is 0 Å². The van der Waals surface area contributed by atoms with Gasteiger partial charge in [-0.1, -0.05) is 152 Å². The van der Waals surface area contributed by atoms with Crippen LogP contribution in [0.25, 0.3) is 83.1 Å². The zero-order chi connectivity index (χ0) is 39.5. The molecule has 0 N–H and O–H groups in total. The Morgan fingerprint density at radius 2 is 1.10 bits per heavy atom. The summed E-state index contributed by atoms with van der Waals surface area (Å²) in [6.45, 7) is 6.67. The Morgan fingerprint density at radius 1 is 0.441 bits per heavy atom. The highest BCUT2D eigenvalue weighted by atomic mass is 15.1. The highest BCUT2D eigenvalue weighted by Crippen LogP contribution is 2.48. The van der Waals surface area contributed by atoms with Crippen molar-refractivity contribution in [1.29, 1.82) is 0 Å². The molecule has 11 rings (SSSR count). The SMILES string of the molecule is C=C1/C=C\C=C/N(c2cccc(-c3ccccc3)c2)c2ccc(-c3ccc4c(c3)c3ccccc3n4-c3ccc(-c4cccc5c4/C(=C\C)c4ccccc4-5)cc3)cc21. The van der Waals surface area contributed by atoms with Crippen molar-refractivity contribution in [3.8, 4) is 50.2 Å². The van der Waals surface area contributed by atoms with Gasteiger partial charge >= 0.3 is 0 Å². The summed E-state index contributed by atoms with van der Waals surface area (Å²) in [4.78, 5) is 2.27. The molecule has 2 heterocycles. The van der Waals surface area contributed by atoms with Gasteiger partial charge in [-0.3, -0.25) is 0 Å². The predicted molar refractivity (Wildman–Crippen MR) is 251 cm³/mol. The monoisotopic (exact) mass is 752 g/mol. The van der Waals surface area contributed by atoms with E-state index in [0.717, 1.165) is 33.8 Å². The molecule has 0 spiro atoms. The van der Waals surface area contributed by atoms with Gasteiger partial charge in [-0.15, -0.1) is 0 Å². The van der Waals surface area contributed by atoms with Gasteiger partial charge in [0.15, 0.2) is 0 Å². The fraction of sp³-hybridized carbons (Fsp3) is 0.0175. The molecular weight excluding hydrogens is 713 g/mol. The van der Waals surface area contributed by atoms with Gasteiger partial charge in [-0.2, -0.15) is 0 Å². The number of allylic oxidation sites excluding steroid dienone is 5. The maximum Gasteiger partial charge on any atom is 0.0541 e. The average molecular weight is 753 g/mol. The van der Waals surface area contributed by atoms with Crippen LogP contribution in [0.2, 0.25) is 0 Å². The van der Waals surface area contributed by atoms with E-state index < -0.39 is 0 Å². The quantitative estimate of drug-likeness (QED) is 0.170. The zero-order valence-electron chi connectivity index (χ0n) is 32.8. The number of para-hydroxylation sites is 1. The molecule has 0 radical (unpaired) electrons. The van der Waals surface area contributed by atoms with E-state index in [4.69, 9.17) is 0 Å². The van der Waals surface area contributed by atoms with Crippen LogP contribution in [0.1, 0.15) is 23.6 Å². The molecule has 2 heteroatoms. The summed E-state index contributed by atoms with van der Waals surface area (Å²) >= 11 is 0. The third kappa shape index (κ3) is 5.72. The third-order valence-electron chi connectivity index (χ3n) is 12.0. The van der Waals surface area contributed by atoms with Gasteiger partial charge in [0.05, 0.1) is 16.7 Å². The number of nitrogens with zero attached hydrogens (tertiary/aromatic N) is 2. The van der Waals surface area contributed by atoms with Crippen molar-refractivity contribution in [3.05, 3.63) is 236 Å². The number of hydrogen-bond donors (Lipinski definition) is 0. The standard InChI is InChI=1S/C57H40N2/c1-3-46-48-20-7-8-21-49(48)51-24-14-23-47(57(46)51)40-26-30-44(31-27-40)59-55-25-10-9-22-50(55)53-37-43(29-33-56(53)59)42-28-32-54-52(36-42)38(2)15-11-12-34-58(54)45-19-13-18-41(35-45)39-16-5-4-6-17-39/h3-37H,2H2,1H3/b15-11-,34-12-,46-3-. The Bertz CT molecular complexity index is 3230. The first-order chi connectivity index (χ1) is 29.1. The molecule has 0 fully saturated rings. The molecule has 9 aromatic rings. The van der Waals surface area contributed by atoms with E-state index in [2.05, 4.69) is 235 Å². The lowest BCUT2D eigenvalue weighted by Gasteiger charge is -2.26. The number of aromatic nitrogens is 1. The fourth-order valence-corrected chi connectivity index (χ4v) is 9.27. The van der Waals surface area contributed by atoms with E-state index in [1.165, 1.54) is 77.5 Å². The van der Waals surface area contributed by atoms with Gasteiger partial charge in [0.2, 0.25) is 0 Å². The van der Waals surface area contributed by atoms with Crippen LogP contribution in [0.15, 0.2) is 219 Å². The van der Waals surface area contributed by atoms with Gasteiger partial charge < -0.3 is 9.47 Å². The molecule has 1 aliphatic carbocycles. The minimum absolute atomic E-state index is 0.975. The van der Waals surface area contributed by atoms with Crippen molar-refractivity contribution in [2.24, 2.45) is 0 Å². The second-order valence-electron chi connectivity index (χ2n) is 15.4. The number of benzene rings is 8. The Kier molecular flexibility index (Phi) is 8.23. The van der Waals surface area contributed by atoms with E-state index in [0.29, 0.717) is 0 Å². The highest BCUT2D eigenvalue weighted by Gasteiger charge is 2.25. The van der Waals surface area contributed by atoms with Gasteiger partial charge in [-0.25, -0.2) is 0 Å². The summed E-state index contributed by atoms with van der Waals surface area (Å²) in [5, 5.41) is 2.46. The molecule has 8 aromatic carbocycles. The zero-order valence-corrected chi connectivity index (χ0v) is 32.8. The highest BCUT2D eigenvalue weighted by molar-refractivity contribution is 6.11.